The minimum atomic E-state index is -1.12. The third-order valence-corrected chi connectivity index (χ3v) is 2.08. The molecule has 0 aliphatic heterocycles. The monoisotopic (exact) mass is 228 g/mol. The van der Waals surface area contributed by atoms with Crippen LogP contribution in [0.2, 0.25) is 0 Å². The van der Waals surface area contributed by atoms with Crippen LogP contribution >= 0.6 is 0 Å². The maximum absolute atomic E-state index is 13.4. The van der Waals surface area contributed by atoms with E-state index in [9.17, 15) is 13.6 Å². The predicted molar refractivity (Wildman–Crippen MR) is 56.3 cm³/mol. The van der Waals surface area contributed by atoms with E-state index in [4.69, 9.17) is 0 Å². The van der Waals surface area contributed by atoms with Crippen LogP contribution in [0.15, 0.2) is 24.3 Å². The molecule has 88 valence electrons. The highest BCUT2D eigenvalue weighted by molar-refractivity contribution is 5.65. The normalized spacial score (nSPS) is 12.2. The quantitative estimate of drug-likeness (QED) is 0.724. The third kappa shape index (κ3) is 4.87. The van der Waals surface area contributed by atoms with Gasteiger partial charge in [0.25, 0.3) is 0 Å². The molecule has 0 amide bonds. The summed E-state index contributed by atoms with van der Waals surface area (Å²) in [6.45, 7) is 1.34. The predicted octanol–water partition coefficient (Wildman–Crippen LogP) is 2.66. The summed E-state index contributed by atoms with van der Waals surface area (Å²) >= 11 is 0. The molecule has 0 fully saturated rings. The summed E-state index contributed by atoms with van der Waals surface area (Å²) in [6.07, 6.45) is -0.851. The molecule has 1 aromatic carbocycles. The van der Waals surface area contributed by atoms with Gasteiger partial charge in [0, 0.05) is 19.8 Å². The van der Waals surface area contributed by atoms with E-state index in [0.717, 1.165) is 0 Å². The Morgan fingerprint density at radius 2 is 2.25 bits per heavy atom. The van der Waals surface area contributed by atoms with E-state index in [2.05, 4.69) is 4.74 Å². The largest absolute Gasteiger partial charge is 0.466 e. The van der Waals surface area contributed by atoms with E-state index in [1.807, 2.05) is 0 Å². The van der Waals surface area contributed by atoms with Gasteiger partial charge in [-0.15, -0.1) is 0 Å². The van der Waals surface area contributed by atoms with E-state index in [1.54, 1.807) is 12.1 Å². The Labute approximate surface area is 93.2 Å². The molecule has 0 aromatic heterocycles. The highest BCUT2D eigenvalue weighted by atomic mass is 19.1. The van der Waals surface area contributed by atoms with Gasteiger partial charge >= 0.3 is 5.97 Å². The fraction of sp³-hybridized carbons (Fsp3) is 0.417. The van der Waals surface area contributed by atoms with Crippen molar-refractivity contribution < 1.29 is 18.3 Å². The number of alkyl halides is 1. The molecule has 16 heavy (non-hydrogen) atoms. The van der Waals surface area contributed by atoms with Gasteiger partial charge in [-0.1, -0.05) is 12.1 Å². The highest BCUT2D eigenvalue weighted by Gasteiger charge is 2.09. The number of rotatable bonds is 5. The molecular weight excluding hydrogens is 214 g/mol. The lowest BCUT2D eigenvalue weighted by molar-refractivity contribution is -0.141. The van der Waals surface area contributed by atoms with E-state index in [0.29, 0.717) is 5.56 Å². The number of hydrogen-bond acceptors (Lipinski definition) is 2. The molecule has 1 aromatic rings. The Bertz CT molecular complexity index is 353. The van der Waals surface area contributed by atoms with Gasteiger partial charge in [0.05, 0.1) is 6.61 Å². The zero-order chi connectivity index (χ0) is 12.0. The maximum Gasteiger partial charge on any atom is 0.302 e. The van der Waals surface area contributed by atoms with Crippen LogP contribution in [0.1, 0.15) is 18.9 Å². The van der Waals surface area contributed by atoms with Crippen LogP contribution in [-0.2, 0) is 16.0 Å². The van der Waals surface area contributed by atoms with Gasteiger partial charge < -0.3 is 4.74 Å². The molecule has 1 atom stereocenters. The van der Waals surface area contributed by atoms with Crippen LogP contribution in [-0.4, -0.2) is 18.7 Å². The minimum Gasteiger partial charge on any atom is -0.466 e. The van der Waals surface area contributed by atoms with Crippen molar-refractivity contribution in [2.45, 2.75) is 25.9 Å². The summed E-state index contributed by atoms with van der Waals surface area (Å²) in [5.74, 6) is -0.789. The van der Waals surface area contributed by atoms with Crippen molar-refractivity contribution in [1.29, 1.82) is 0 Å². The van der Waals surface area contributed by atoms with Crippen molar-refractivity contribution in [3.8, 4) is 0 Å². The highest BCUT2D eigenvalue weighted by Crippen LogP contribution is 2.10. The Balaban J connectivity index is 2.33. The minimum absolute atomic E-state index is 0.0613. The second kappa shape index (κ2) is 6.20. The molecule has 4 heteroatoms. The van der Waals surface area contributed by atoms with Gasteiger partial charge in [-0.2, -0.15) is 0 Å². The number of carbonyl (C=O) groups excluding carboxylic acids is 1. The van der Waals surface area contributed by atoms with Gasteiger partial charge in [-0.05, 0) is 17.7 Å². The Morgan fingerprint density at radius 3 is 2.88 bits per heavy atom. The van der Waals surface area contributed by atoms with Gasteiger partial charge in [0.2, 0.25) is 0 Å². The Kier molecular flexibility index (Phi) is 4.89. The van der Waals surface area contributed by atoms with Crippen LogP contribution in [0.5, 0.6) is 0 Å². The Morgan fingerprint density at radius 1 is 1.50 bits per heavy atom. The first kappa shape index (κ1) is 12.6. The van der Waals surface area contributed by atoms with Gasteiger partial charge in [-0.3, -0.25) is 4.79 Å². The molecule has 1 rings (SSSR count). The van der Waals surface area contributed by atoms with E-state index < -0.39 is 12.1 Å². The van der Waals surface area contributed by atoms with Gasteiger partial charge in [-0.25, -0.2) is 8.78 Å². The van der Waals surface area contributed by atoms with Crippen LogP contribution < -0.4 is 0 Å². The Hall–Kier alpha value is -1.45. The second-order valence-corrected chi connectivity index (χ2v) is 3.56. The summed E-state index contributed by atoms with van der Waals surface area (Å²) in [4.78, 5) is 10.4. The first-order valence-electron chi connectivity index (χ1n) is 5.10. The van der Waals surface area contributed by atoms with Gasteiger partial charge in [0.1, 0.15) is 12.0 Å². The lowest BCUT2D eigenvalue weighted by atomic mass is 10.1. The SMILES string of the molecule is CC(=O)OCCC(F)Cc1cccc(F)c1. The molecule has 0 saturated carbocycles. The standard InChI is InChI=1S/C12H14F2O2/c1-9(15)16-6-5-12(14)8-10-3-2-4-11(13)7-10/h2-4,7,12H,5-6,8H2,1H3. The number of hydrogen-bond donors (Lipinski definition) is 0. The van der Waals surface area contributed by atoms with E-state index >= 15 is 0 Å². The maximum atomic E-state index is 13.4. The second-order valence-electron chi connectivity index (χ2n) is 3.56. The van der Waals surface area contributed by atoms with Crippen molar-refractivity contribution in [2.24, 2.45) is 0 Å². The molecule has 0 saturated heterocycles. The van der Waals surface area contributed by atoms with Gasteiger partial charge in [0.15, 0.2) is 0 Å². The van der Waals surface area contributed by atoms with Crippen LogP contribution in [0.25, 0.3) is 0 Å². The first-order valence-corrected chi connectivity index (χ1v) is 5.10. The number of carbonyl (C=O) groups is 1. The summed E-state index contributed by atoms with van der Waals surface area (Å²) in [5.41, 5.74) is 0.607. The summed E-state index contributed by atoms with van der Waals surface area (Å²) in [7, 11) is 0. The number of halogens is 2. The van der Waals surface area contributed by atoms with Crippen LogP contribution in [0.3, 0.4) is 0 Å². The first-order chi connectivity index (χ1) is 7.58. The summed E-state index contributed by atoms with van der Waals surface area (Å²) in [5, 5.41) is 0. The third-order valence-electron chi connectivity index (χ3n) is 2.08. The number of benzene rings is 1. The molecule has 1 unspecified atom stereocenters. The topological polar surface area (TPSA) is 26.3 Å². The van der Waals surface area contributed by atoms with Crippen molar-refractivity contribution in [3.63, 3.8) is 0 Å². The molecule has 0 aliphatic rings. The lowest BCUT2D eigenvalue weighted by Gasteiger charge is -2.08. The molecule has 0 bridgehead atoms. The fourth-order valence-corrected chi connectivity index (χ4v) is 1.35. The summed E-state index contributed by atoms with van der Waals surface area (Å²) < 4.78 is 30.8. The molecule has 2 nitrogen and oxygen atoms in total. The molecule has 0 N–H and O–H groups in total. The lowest BCUT2D eigenvalue weighted by Crippen LogP contribution is -2.10. The zero-order valence-corrected chi connectivity index (χ0v) is 9.08. The molecule has 0 heterocycles. The number of ether oxygens (including phenoxy) is 1. The van der Waals surface area contributed by atoms with Crippen molar-refractivity contribution >= 4 is 5.97 Å². The molecule has 0 aliphatic carbocycles. The van der Waals surface area contributed by atoms with E-state index in [-0.39, 0.29) is 25.3 Å². The van der Waals surface area contributed by atoms with Crippen molar-refractivity contribution in [3.05, 3.63) is 35.6 Å². The van der Waals surface area contributed by atoms with Crippen molar-refractivity contribution in [2.75, 3.05) is 6.61 Å². The average Bonchev–Trinajstić information content (AvgIpc) is 2.16. The van der Waals surface area contributed by atoms with E-state index in [1.165, 1.54) is 19.1 Å². The molecular formula is C12H14F2O2. The smallest absolute Gasteiger partial charge is 0.302 e. The van der Waals surface area contributed by atoms with Crippen LogP contribution in [0, 0.1) is 5.82 Å². The van der Waals surface area contributed by atoms with Crippen LogP contribution in [0.4, 0.5) is 8.78 Å². The van der Waals surface area contributed by atoms with Crippen molar-refractivity contribution in [1.82, 2.24) is 0 Å². The fourth-order valence-electron chi connectivity index (χ4n) is 1.35. The molecule has 0 spiro atoms. The summed E-state index contributed by atoms with van der Waals surface area (Å²) in [6, 6.07) is 5.83. The molecule has 0 radical (unpaired) electrons. The average molecular weight is 228 g/mol. The zero-order valence-electron chi connectivity index (χ0n) is 9.08. The number of esters is 1.